The first-order valence-corrected chi connectivity index (χ1v) is 16.2. The van der Waals surface area contributed by atoms with E-state index in [1.54, 1.807) is 21.1 Å². The number of fused-ring (bicyclic) bond motifs is 3. The molecule has 47 heavy (non-hydrogen) atoms. The summed E-state index contributed by atoms with van der Waals surface area (Å²) >= 11 is 0. The van der Waals surface area contributed by atoms with Crippen LogP contribution in [0.2, 0.25) is 0 Å². The summed E-state index contributed by atoms with van der Waals surface area (Å²) in [7, 11) is 5.46. The molecule has 5 aliphatic rings. The highest BCUT2D eigenvalue weighted by molar-refractivity contribution is 5.74. The molecule has 0 spiro atoms. The summed E-state index contributed by atoms with van der Waals surface area (Å²) in [5.74, 6) is 5.25. The molecule has 9 rings (SSSR count). The second kappa shape index (κ2) is 11.7. The Hall–Kier alpha value is -4.89. The molecule has 0 aliphatic carbocycles. The minimum absolute atomic E-state index is 0.0132. The van der Waals surface area contributed by atoms with Crippen LogP contribution in [-0.4, -0.2) is 56.9 Å². The molecule has 1 amide bonds. The Morgan fingerprint density at radius 1 is 0.745 bits per heavy atom. The molecule has 4 aromatic carbocycles. The van der Waals surface area contributed by atoms with E-state index >= 15 is 0 Å². The van der Waals surface area contributed by atoms with Crippen molar-refractivity contribution in [1.82, 2.24) is 9.80 Å². The number of carbonyl (C=O) groups is 1. The van der Waals surface area contributed by atoms with E-state index in [4.69, 9.17) is 28.4 Å². The zero-order chi connectivity index (χ0) is 32.2. The number of nitrogens with zero attached hydrogens (tertiary/aromatic N) is 2. The van der Waals surface area contributed by atoms with Gasteiger partial charge in [-0.25, -0.2) is 0 Å². The van der Waals surface area contributed by atoms with Crippen LogP contribution in [0.15, 0.2) is 60.7 Å². The topological polar surface area (TPSA) is 78.9 Å². The molecule has 5 heterocycles. The van der Waals surface area contributed by atoms with Gasteiger partial charge in [0.1, 0.15) is 5.75 Å². The summed E-state index contributed by atoms with van der Waals surface area (Å²) in [5.41, 5.74) is 6.67. The van der Waals surface area contributed by atoms with Gasteiger partial charge in [-0.2, -0.15) is 0 Å². The van der Waals surface area contributed by atoms with Gasteiger partial charge < -0.3 is 33.3 Å². The maximum atomic E-state index is 12.9. The molecule has 2 unspecified atom stereocenters. The van der Waals surface area contributed by atoms with Crippen LogP contribution in [0.4, 0.5) is 0 Å². The molecule has 0 N–H and O–H groups in total. The first-order chi connectivity index (χ1) is 22.9. The third-order valence-corrected chi connectivity index (χ3v) is 9.98. The molecule has 0 radical (unpaired) electrons. The predicted molar refractivity (Wildman–Crippen MR) is 175 cm³/mol. The molecule has 0 aromatic heterocycles. The van der Waals surface area contributed by atoms with Crippen LogP contribution < -0.4 is 28.4 Å². The van der Waals surface area contributed by atoms with Gasteiger partial charge in [-0.15, -0.1) is 0 Å². The Kier molecular flexibility index (Phi) is 7.36. The monoisotopic (exact) mass is 634 g/mol. The number of amides is 1. The molecule has 9 heteroatoms. The van der Waals surface area contributed by atoms with Crippen molar-refractivity contribution in [2.45, 2.75) is 44.7 Å². The average Bonchev–Trinajstić information content (AvgIpc) is 3.55. The second-order valence-electron chi connectivity index (χ2n) is 12.7. The van der Waals surface area contributed by atoms with E-state index in [-0.39, 0.29) is 24.8 Å². The Bertz CT molecular complexity index is 1870. The van der Waals surface area contributed by atoms with Gasteiger partial charge in [0.25, 0.3) is 0 Å². The van der Waals surface area contributed by atoms with Crippen LogP contribution >= 0.6 is 0 Å². The number of hydrogen-bond donors (Lipinski definition) is 0. The molecule has 5 aliphatic heterocycles. The summed E-state index contributed by atoms with van der Waals surface area (Å²) in [6.07, 6.45) is 2.95. The van der Waals surface area contributed by atoms with Gasteiger partial charge in [-0.1, -0.05) is 18.2 Å². The van der Waals surface area contributed by atoms with E-state index in [9.17, 15) is 4.79 Å². The Balaban J connectivity index is 1.32. The fourth-order valence-corrected chi connectivity index (χ4v) is 7.53. The van der Waals surface area contributed by atoms with E-state index in [2.05, 4.69) is 42.3 Å². The molecule has 4 aromatic rings. The lowest BCUT2D eigenvalue weighted by molar-refractivity contribution is -0.131. The molecule has 2 atom stereocenters. The van der Waals surface area contributed by atoms with Crippen molar-refractivity contribution < 1.29 is 33.2 Å². The number of hydrogen-bond acceptors (Lipinski definition) is 8. The first kappa shape index (κ1) is 29.5. The van der Waals surface area contributed by atoms with Gasteiger partial charge >= 0.3 is 0 Å². The number of ether oxygens (including phenoxy) is 6. The fourth-order valence-electron chi connectivity index (χ4n) is 7.53. The van der Waals surface area contributed by atoms with Gasteiger partial charge in [0.15, 0.2) is 34.5 Å². The lowest BCUT2D eigenvalue weighted by Gasteiger charge is -2.37. The molecular weight excluding hydrogens is 596 g/mol. The third-order valence-electron chi connectivity index (χ3n) is 9.98. The molecule has 6 bridgehead atoms. The summed E-state index contributed by atoms with van der Waals surface area (Å²) < 4.78 is 36.9. The smallest absolute Gasteiger partial charge is 0.231 e. The highest BCUT2D eigenvalue weighted by atomic mass is 16.7. The zero-order valence-electron chi connectivity index (χ0n) is 27.1. The summed E-state index contributed by atoms with van der Waals surface area (Å²) in [6.45, 7) is 3.33. The minimum Gasteiger partial charge on any atom is -0.493 e. The molecular formula is C38H38N2O7. The lowest BCUT2D eigenvalue weighted by atomic mass is 9.87. The van der Waals surface area contributed by atoms with Crippen LogP contribution in [0.1, 0.15) is 52.4 Å². The van der Waals surface area contributed by atoms with Gasteiger partial charge in [-0.05, 0) is 103 Å². The van der Waals surface area contributed by atoms with Crippen molar-refractivity contribution in [3.8, 4) is 46.0 Å². The molecule has 242 valence electrons. The van der Waals surface area contributed by atoms with Gasteiger partial charge in [0, 0.05) is 31.6 Å². The fraction of sp³-hybridized carbons (Fsp3) is 0.342. The predicted octanol–water partition coefficient (Wildman–Crippen LogP) is 6.79. The maximum absolute atomic E-state index is 12.9. The molecule has 0 fully saturated rings. The summed E-state index contributed by atoms with van der Waals surface area (Å²) in [6, 6.07) is 20.3. The SMILES string of the molecule is COc1ccc2cc1Oc1cc3c(cc1OC)CCN(C(C)=O)C3Cc1ccc(cc1)Oc1c3c(cc4c1C(C2)N(C)CC4)OCO3. The van der Waals surface area contributed by atoms with Crippen molar-refractivity contribution in [2.24, 2.45) is 0 Å². The second-order valence-corrected chi connectivity index (χ2v) is 12.7. The normalized spacial score (nSPS) is 19.5. The molecule has 0 saturated heterocycles. The molecule has 0 saturated carbocycles. The van der Waals surface area contributed by atoms with Gasteiger partial charge in [-0.3, -0.25) is 9.69 Å². The summed E-state index contributed by atoms with van der Waals surface area (Å²) in [4.78, 5) is 17.3. The van der Waals surface area contributed by atoms with Crippen LogP contribution in [0.5, 0.6) is 46.0 Å². The van der Waals surface area contributed by atoms with Crippen LogP contribution in [0, 0.1) is 0 Å². The number of methoxy groups -OCH3 is 2. The van der Waals surface area contributed by atoms with E-state index in [1.165, 1.54) is 5.56 Å². The van der Waals surface area contributed by atoms with E-state index < -0.39 is 0 Å². The van der Waals surface area contributed by atoms with E-state index in [0.29, 0.717) is 65.4 Å². The average molecular weight is 635 g/mol. The highest BCUT2D eigenvalue weighted by Gasteiger charge is 2.36. The number of rotatable bonds is 2. The largest absolute Gasteiger partial charge is 0.493 e. The maximum Gasteiger partial charge on any atom is 0.231 e. The lowest BCUT2D eigenvalue weighted by Crippen LogP contribution is -2.39. The Morgan fingerprint density at radius 2 is 1.49 bits per heavy atom. The van der Waals surface area contributed by atoms with Crippen LogP contribution in [0.25, 0.3) is 0 Å². The Morgan fingerprint density at radius 3 is 2.28 bits per heavy atom. The van der Waals surface area contributed by atoms with Crippen molar-refractivity contribution in [1.29, 1.82) is 0 Å². The van der Waals surface area contributed by atoms with Gasteiger partial charge in [0.2, 0.25) is 18.4 Å². The van der Waals surface area contributed by atoms with Crippen molar-refractivity contribution >= 4 is 5.91 Å². The third kappa shape index (κ3) is 5.19. The van der Waals surface area contributed by atoms with Crippen LogP contribution in [0.3, 0.4) is 0 Å². The van der Waals surface area contributed by atoms with Gasteiger partial charge in [0.05, 0.1) is 20.3 Å². The number of benzene rings is 4. The minimum atomic E-state index is -0.172. The van der Waals surface area contributed by atoms with Crippen LogP contribution in [-0.2, 0) is 30.5 Å². The Labute approximate surface area is 274 Å². The zero-order valence-corrected chi connectivity index (χ0v) is 27.1. The first-order valence-electron chi connectivity index (χ1n) is 16.2. The molecule has 9 nitrogen and oxygen atoms in total. The van der Waals surface area contributed by atoms with Crippen molar-refractivity contribution in [3.05, 3.63) is 94.0 Å². The van der Waals surface area contributed by atoms with E-state index in [0.717, 1.165) is 47.2 Å². The van der Waals surface area contributed by atoms with Crippen molar-refractivity contribution in [2.75, 3.05) is 41.1 Å². The number of likely N-dealkylation sites (N-methyl/N-ethyl adjacent to an activating group) is 1. The number of carbonyl (C=O) groups excluding carboxylic acids is 1. The quantitative estimate of drug-likeness (QED) is 0.239. The van der Waals surface area contributed by atoms with E-state index in [1.807, 2.05) is 35.2 Å². The van der Waals surface area contributed by atoms with Crippen molar-refractivity contribution in [3.63, 3.8) is 0 Å². The standard InChI is InChI=1S/C38H38N2O7/c1-22(41)40-14-12-25-18-32(43-4)34-20-28(25)29(40)15-23-5-8-27(9-6-23)46-38-36-26(19-35-37(38)45-21-44-35)11-13-39(2)30(36)16-24-7-10-31(42-3)33(17-24)47-34/h5-10,17-20,29-30H,11-16,21H2,1-4H3. The summed E-state index contributed by atoms with van der Waals surface area (Å²) in [5, 5.41) is 0. The highest BCUT2D eigenvalue weighted by Crippen LogP contribution is 2.52.